The number of aliphatic hydroxyl groups is 1. The van der Waals surface area contributed by atoms with Crippen molar-refractivity contribution >= 4 is 0 Å². The summed E-state index contributed by atoms with van der Waals surface area (Å²) in [5.74, 6) is 0.195. The van der Waals surface area contributed by atoms with Crippen LogP contribution in [0.3, 0.4) is 0 Å². The second kappa shape index (κ2) is 4.52. The first-order chi connectivity index (χ1) is 5.06. The molecule has 0 aliphatic carbocycles. The fraction of sp³-hybridized carbons (Fsp3) is 0.778. The number of ether oxygens (including phenoxy) is 1. The molecule has 0 aromatic rings. The van der Waals surface area contributed by atoms with Gasteiger partial charge in [0.25, 0.3) is 0 Å². The number of hydrogen-bond donors (Lipinski definition) is 1. The lowest BCUT2D eigenvalue weighted by Crippen LogP contribution is -2.39. The van der Waals surface area contributed by atoms with Crippen LogP contribution in [0.2, 0.25) is 0 Å². The van der Waals surface area contributed by atoms with E-state index in [0.717, 1.165) is 0 Å². The molecule has 0 aromatic carbocycles. The van der Waals surface area contributed by atoms with E-state index in [9.17, 15) is 5.11 Å². The average molecular weight is 158 g/mol. The number of methoxy groups -OCH3 is 1. The average Bonchev–Trinajstić information content (AvgIpc) is 1.88. The lowest BCUT2D eigenvalue weighted by molar-refractivity contribution is -0.0617. The van der Waals surface area contributed by atoms with Crippen molar-refractivity contribution in [2.45, 2.75) is 25.9 Å². The predicted octanol–water partition coefficient (Wildman–Crippen LogP) is 1.60. The topological polar surface area (TPSA) is 29.5 Å². The molecule has 1 N–H and O–H groups in total. The van der Waals surface area contributed by atoms with Crippen LogP contribution >= 0.6 is 0 Å². The molecule has 1 atom stereocenters. The fourth-order valence-electron chi connectivity index (χ4n) is 0.961. The molecule has 0 amide bonds. The van der Waals surface area contributed by atoms with Crippen molar-refractivity contribution < 1.29 is 9.84 Å². The molecule has 0 heterocycles. The maximum Gasteiger partial charge on any atom is 0.0936 e. The van der Waals surface area contributed by atoms with Gasteiger partial charge in [-0.2, -0.15) is 0 Å². The van der Waals surface area contributed by atoms with Crippen molar-refractivity contribution in [2.75, 3.05) is 13.7 Å². The van der Waals surface area contributed by atoms with Crippen molar-refractivity contribution in [3.05, 3.63) is 12.7 Å². The minimum Gasteiger partial charge on any atom is -0.387 e. The van der Waals surface area contributed by atoms with E-state index >= 15 is 0 Å². The molecule has 2 nitrogen and oxygen atoms in total. The van der Waals surface area contributed by atoms with Crippen molar-refractivity contribution in [1.82, 2.24) is 0 Å². The highest BCUT2D eigenvalue weighted by Crippen LogP contribution is 2.21. The van der Waals surface area contributed by atoms with Crippen LogP contribution in [-0.2, 0) is 4.74 Å². The SMILES string of the molecule is C=CCC(O)(COC)C(C)C. The van der Waals surface area contributed by atoms with Crippen molar-refractivity contribution in [2.24, 2.45) is 5.92 Å². The number of rotatable bonds is 5. The van der Waals surface area contributed by atoms with Crippen LogP contribution in [0, 0.1) is 5.92 Å². The molecule has 0 aliphatic rings. The Morgan fingerprint density at radius 3 is 2.45 bits per heavy atom. The molecule has 0 saturated carbocycles. The summed E-state index contributed by atoms with van der Waals surface area (Å²) in [5, 5.41) is 9.89. The minimum atomic E-state index is -0.740. The van der Waals surface area contributed by atoms with Crippen LogP contribution in [0.4, 0.5) is 0 Å². The zero-order valence-corrected chi connectivity index (χ0v) is 7.63. The number of hydrogen-bond acceptors (Lipinski definition) is 2. The second-order valence-corrected chi connectivity index (χ2v) is 3.18. The van der Waals surface area contributed by atoms with E-state index in [0.29, 0.717) is 13.0 Å². The summed E-state index contributed by atoms with van der Waals surface area (Å²) in [6.07, 6.45) is 2.30. The summed E-state index contributed by atoms with van der Waals surface area (Å²) in [6, 6.07) is 0. The van der Waals surface area contributed by atoms with E-state index in [-0.39, 0.29) is 5.92 Å². The lowest BCUT2D eigenvalue weighted by Gasteiger charge is -2.30. The Hall–Kier alpha value is -0.340. The highest BCUT2D eigenvalue weighted by atomic mass is 16.5. The summed E-state index contributed by atoms with van der Waals surface area (Å²) in [4.78, 5) is 0. The van der Waals surface area contributed by atoms with Gasteiger partial charge in [0.1, 0.15) is 0 Å². The first-order valence-corrected chi connectivity index (χ1v) is 3.89. The van der Waals surface area contributed by atoms with E-state index in [2.05, 4.69) is 6.58 Å². The van der Waals surface area contributed by atoms with Crippen molar-refractivity contribution in [3.63, 3.8) is 0 Å². The molecule has 0 saturated heterocycles. The van der Waals surface area contributed by atoms with Gasteiger partial charge in [-0.3, -0.25) is 0 Å². The predicted molar refractivity (Wildman–Crippen MR) is 46.5 cm³/mol. The normalized spacial score (nSPS) is 16.5. The third-order valence-electron chi connectivity index (χ3n) is 1.97. The largest absolute Gasteiger partial charge is 0.387 e. The molecule has 0 spiro atoms. The highest BCUT2D eigenvalue weighted by molar-refractivity contribution is 4.88. The van der Waals surface area contributed by atoms with Gasteiger partial charge >= 0.3 is 0 Å². The van der Waals surface area contributed by atoms with E-state index in [1.54, 1.807) is 13.2 Å². The van der Waals surface area contributed by atoms with Crippen LogP contribution in [-0.4, -0.2) is 24.4 Å². The zero-order chi connectivity index (χ0) is 8.91. The van der Waals surface area contributed by atoms with E-state index in [1.165, 1.54) is 0 Å². The summed E-state index contributed by atoms with van der Waals surface area (Å²) in [7, 11) is 1.59. The monoisotopic (exact) mass is 158 g/mol. The van der Waals surface area contributed by atoms with Crippen LogP contribution in [0.1, 0.15) is 20.3 Å². The molecule has 2 heteroatoms. The Kier molecular flexibility index (Phi) is 4.38. The third kappa shape index (κ3) is 3.04. The zero-order valence-electron chi connectivity index (χ0n) is 7.63. The summed E-state index contributed by atoms with van der Waals surface area (Å²) >= 11 is 0. The van der Waals surface area contributed by atoms with E-state index in [4.69, 9.17) is 4.74 Å². The first kappa shape index (κ1) is 10.7. The van der Waals surface area contributed by atoms with Gasteiger partial charge in [0.05, 0.1) is 12.2 Å². The van der Waals surface area contributed by atoms with Gasteiger partial charge in [-0.25, -0.2) is 0 Å². The Labute approximate surface area is 68.9 Å². The quantitative estimate of drug-likeness (QED) is 0.616. The summed E-state index contributed by atoms with van der Waals surface area (Å²) in [6.45, 7) is 7.92. The Balaban J connectivity index is 4.12. The van der Waals surface area contributed by atoms with Gasteiger partial charge in [0, 0.05) is 7.11 Å². The molecule has 1 unspecified atom stereocenters. The molecular weight excluding hydrogens is 140 g/mol. The molecule has 0 aromatic heterocycles. The lowest BCUT2D eigenvalue weighted by atomic mass is 9.88. The molecule has 0 fully saturated rings. The molecular formula is C9H18O2. The van der Waals surface area contributed by atoms with Crippen LogP contribution < -0.4 is 0 Å². The molecule has 0 bridgehead atoms. The summed E-state index contributed by atoms with van der Waals surface area (Å²) in [5.41, 5.74) is -0.740. The smallest absolute Gasteiger partial charge is 0.0936 e. The van der Waals surface area contributed by atoms with E-state index in [1.807, 2.05) is 13.8 Å². The maximum atomic E-state index is 9.89. The maximum absolute atomic E-state index is 9.89. The molecule has 0 aliphatic heterocycles. The molecule has 0 rings (SSSR count). The second-order valence-electron chi connectivity index (χ2n) is 3.18. The fourth-order valence-corrected chi connectivity index (χ4v) is 0.961. The molecule has 0 radical (unpaired) electrons. The summed E-state index contributed by atoms with van der Waals surface area (Å²) < 4.78 is 4.92. The Bertz CT molecular complexity index is 121. The van der Waals surface area contributed by atoms with Crippen molar-refractivity contribution in [1.29, 1.82) is 0 Å². The van der Waals surface area contributed by atoms with Gasteiger partial charge in [-0.15, -0.1) is 6.58 Å². The molecule has 11 heavy (non-hydrogen) atoms. The van der Waals surface area contributed by atoms with Gasteiger partial charge in [-0.1, -0.05) is 19.9 Å². The van der Waals surface area contributed by atoms with Crippen LogP contribution in [0.15, 0.2) is 12.7 Å². The first-order valence-electron chi connectivity index (χ1n) is 3.89. The van der Waals surface area contributed by atoms with E-state index < -0.39 is 5.60 Å². The van der Waals surface area contributed by atoms with Crippen molar-refractivity contribution in [3.8, 4) is 0 Å². The van der Waals surface area contributed by atoms with Crippen LogP contribution in [0.5, 0.6) is 0 Å². The molecule has 66 valence electrons. The van der Waals surface area contributed by atoms with Gasteiger partial charge in [-0.05, 0) is 12.3 Å². The Morgan fingerprint density at radius 2 is 2.18 bits per heavy atom. The van der Waals surface area contributed by atoms with Crippen LogP contribution in [0.25, 0.3) is 0 Å². The van der Waals surface area contributed by atoms with Gasteiger partial charge < -0.3 is 9.84 Å². The Morgan fingerprint density at radius 1 is 1.64 bits per heavy atom. The van der Waals surface area contributed by atoms with Gasteiger partial charge in [0.15, 0.2) is 0 Å². The standard InChI is InChI=1S/C9H18O2/c1-5-6-9(10,7-11-4)8(2)3/h5,8,10H,1,6-7H2,2-4H3. The highest BCUT2D eigenvalue weighted by Gasteiger charge is 2.29. The third-order valence-corrected chi connectivity index (χ3v) is 1.97. The van der Waals surface area contributed by atoms with Gasteiger partial charge in [0.2, 0.25) is 0 Å². The minimum absolute atomic E-state index is 0.195.